The summed E-state index contributed by atoms with van der Waals surface area (Å²) in [5.41, 5.74) is 4.70. The lowest BCUT2D eigenvalue weighted by atomic mass is 10.1. The molecule has 0 saturated heterocycles. The van der Waals surface area contributed by atoms with Gasteiger partial charge in [-0.3, -0.25) is 4.68 Å². The summed E-state index contributed by atoms with van der Waals surface area (Å²) in [5.74, 6) is 1.71. The molecule has 0 saturated carbocycles. The number of para-hydroxylation sites is 1. The van der Waals surface area contributed by atoms with E-state index in [-0.39, 0.29) is 6.04 Å². The number of hydrogen-bond acceptors (Lipinski definition) is 3. The Bertz CT molecular complexity index is 766. The molecular formula is C21H33N5O. The summed E-state index contributed by atoms with van der Waals surface area (Å²) in [5, 5.41) is 11.4. The van der Waals surface area contributed by atoms with Crippen LogP contribution in [0.4, 0.5) is 0 Å². The third-order valence-corrected chi connectivity index (χ3v) is 4.58. The van der Waals surface area contributed by atoms with Crippen LogP contribution in [0.3, 0.4) is 0 Å². The van der Waals surface area contributed by atoms with Gasteiger partial charge in [0.2, 0.25) is 0 Å². The first-order valence-corrected chi connectivity index (χ1v) is 9.70. The van der Waals surface area contributed by atoms with E-state index in [0.29, 0.717) is 13.2 Å². The summed E-state index contributed by atoms with van der Waals surface area (Å²) in [6, 6.07) is 8.30. The van der Waals surface area contributed by atoms with Crippen LogP contribution in [0.5, 0.6) is 5.75 Å². The van der Waals surface area contributed by atoms with Crippen molar-refractivity contribution < 1.29 is 4.74 Å². The van der Waals surface area contributed by atoms with E-state index in [4.69, 9.17) is 9.73 Å². The maximum Gasteiger partial charge on any atom is 0.191 e. The molecule has 148 valence electrons. The van der Waals surface area contributed by atoms with Gasteiger partial charge in [0.05, 0.1) is 18.8 Å². The van der Waals surface area contributed by atoms with E-state index in [1.807, 2.05) is 36.9 Å². The molecule has 1 heterocycles. The molecule has 2 rings (SSSR count). The minimum atomic E-state index is 0.242. The normalized spacial score (nSPS) is 12.7. The molecule has 2 N–H and O–H groups in total. The SMILES string of the molecule is CCNC(=NCc1ccccc1OCC)NC(C)Cc1c(C)nn(C)c1C. The van der Waals surface area contributed by atoms with Gasteiger partial charge in [-0.1, -0.05) is 18.2 Å². The summed E-state index contributed by atoms with van der Waals surface area (Å²) >= 11 is 0. The number of ether oxygens (including phenoxy) is 1. The van der Waals surface area contributed by atoms with Crippen LogP contribution in [-0.4, -0.2) is 34.9 Å². The number of hydrogen-bond donors (Lipinski definition) is 2. The molecule has 6 heteroatoms. The Hall–Kier alpha value is -2.50. The molecule has 1 unspecified atom stereocenters. The first-order chi connectivity index (χ1) is 13.0. The van der Waals surface area contributed by atoms with Gasteiger partial charge in [-0.05, 0) is 52.7 Å². The molecule has 0 fully saturated rings. The smallest absolute Gasteiger partial charge is 0.191 e. The summed E-state index contributed by atoms with van der Waals surface area (Å²) in [6.07, 6.45) is 0.908. The number of aliphatic imine (C=N–C) groups is 1. The zero-order chi connectivity index (χ0) is 19.8. The zero-order valence-corrected chi connectivity index (χ0v) is 17.5. The van der Waals surface area contributed by atoms with Crippen LogP contribution < -0.4 is 15.4 Å². The minimum absolute atomic E-state index is 0.242. The van der Waals surface area contributed by atoms with E-state index in [0.717, 1.165) is 35.9 Å². The topological polar surface area (TPSA) is 63.5 Å². The van der Waals surface area contributed by atoms with Crippen molar-refractivity contribution in [1.82, 2.24) is 20.4 Å². The van der Waals surface area contributed by atoms with Crippen molar-refractivity contribution in [3.8, 4) is 5.75 Å². The van der Waals surface area contributed by atoms with Gasteiger partial charge in [-0.2, -0.15) is 5.10 Å². The highest BCUT2D eigenvalue weighted by Crippen LogP contribution is 2.19. The number of guanidine groups is 1. The zero-order valence-electron chi connectivity index (χ0n) is 17.5. The second-order valence-corrected chi connectivity index (χ2v) is 6.76. The number of rotatable bonds is 8. The van der Waals surface area contributed by atoms with Crippen molar-refractivity contribution in [2.75, 3.05) is 13.2 Å². The largest absolute Gasteiger partial charge is 0.494 e. The fraction of sp³-hybridized carbons (Fsp3) is 0.524. The molecule has 0 amide bonds. The Morgan fingerprint density at radius 2 is 2.00 bits per heavy atom. The summed E-state index contributed by atoms with van der Waals surface area (Å²) < 4.78 is 7.64. The molecule has 1 aromatic heterocycles. The van der Waals surface area contributed by atoms with Crippen molar-refractivity contribution in [3.05, 3.63) is 46.8 Å². The standard InChI is InChI=1S/C21H33N5O/c1-7-22-21(23-14-18-11-9-10-12-20(18)27-8-2)24-15(3)13-19-16(4)25-26(6)17(19)5/h9-12,15H,7-8,13-14H2,1-6H3,(H2,22,23,24). The van der Waals surface area contributed by atoms with E-state index in [9.17, 15) is 0 Å². The second-order valence-electron chi connectivity index (χ2n) is 6.76. The fourth-order valence-corrected chi connectivity index (χ4v) is 3.12. The van der Waals surface area contributed by atoms with Gasteiger partial charge in [-0.25, -0.2) is 4.99 Å². The molecule has 2 aromatic rings. The maximum absolute atomic E-state index is 5.70. The van der Waals surface area contributed by atoms with E-state index >= 15 is 0 Å². The van der Waals surface area contributed by atoms with Crippen LogP contribution in [0.1, 0.15) is 43.3 Å². The third-order valence-electron chi connectivity index (χ3n) is 4.58. The molecule has 6 nitrogen and oxygen atoms in total. The molecular weight excluding hydrogens is 338 g/mol. The minimum Gasteiger partial charge on any atom is -0.494 e. The number of aromatic nitrogens is 2. The molecule has 0 aliphatic rings. The van der Waals surface area contributed by atoms with Crippen LogP contribution in [0.15, 0.2) is 29.3 Å². The van der Waals surface area contributed by atoms with E-state index in [1.54, 1.807) is 0 Å². The van der Waals surface area contributed by atoms with Crippen molar-refractivity contribution in [2.45, 2.75) is 53.6 Å². The molecule has 1 atom stereocenters. The number of benzene rings is 1. The summed E-state index contributed by atoms with van der Waals surface area (Å²) in [7, 11) is 1.99. The van der Waals surface area contributed by atoms with Crippen molar-refractivity contribution in [2.24, 2.45) is 12.0 Å². The highest BCUT2D eigenvalue weighted by Gasteiger charge is 2.14. The molecule has 0 radical (unpaired) electrons. The predicted octanol–water partition coefficient (Wildman–Crippen LogP) is 3.12. The van der Waals surface area contributed by atoms with E-state index in [2.05, 4.69) is 49.5 Å². The van der Waals surface area contributed by atoms with Gasteiger partial charge in [-0.15, -0.1) is 0 Å². The summed E-state index contributed by atoms with van der Waals surface area (Å²) in [4.78, 5) is 4.75. The van der Waals surface area contributed by atoms with E-state index in [1.165, 1.54) is 11.3 Å². The molecule has 0 aliphatic heterocycles. The predicted molar refractivity (Wildman–Crippen MR) is 111 cm³/mol. The monoisotopic (exact) mass is 371 g/mol. The Balaban J connectivity index is 2.07. The van der Waals surface area contributed by atoms with Gasteiger partial charge in [0.15, 0.2) is 5.96 Å². The van der Waals surface area contributed by atoms with Crippen LogP contribution >= 0.6 is 0 Å². The lowest BCUT2D eigenvalue weighted by Crippen LogP contribution is -2.43. The Morgan fingerprint density at radius 3 is 2.63 bits per heavy atom. The van der Waals surface area contributed by atoms with E-state index < -0.39 is 0 Å². The van der Waals surface area contributed by atoms with Crippen molar-refractivity contribution >= 4 is 5.96 Å². The van der Waals surface area contributed by atoms with Crippen molar-refractivity contribution in [1.29, 1.82) is 0 Å². The van der Waals surface area contributed by atoms with Gasteiger partial charge < -0.3 is 15.4 Å². The van der Waals surface area contributed by atoms with Gasteiger partial charge in [0.1, 0.15) is 5.75 Å². The average Bonchev–Trinajstić information content (AvgIpc) is 2.87. The lowest BCUT2D eigenvalue weighted by molar-refractivity contribution is 0.336. The number of nitrogens with one attached hydrogen (secondary N) is 2. The summed E-state index contributed by atoms with van der Waals surface area (Å²) in [6.45, 7) is 12.5. The van der Waals surface area contributed by atoms with Crippen LogP contribution in [0, 0.1) is 13.8 Å². The third kappa shape index (κ3) is 5.74. The van der Waals surface area contributed by atoms with Crippen molar-refractivity contribution in [3.63, 3.8) is 0 Å². The first kappa shape index (κ1) is 20.8. The van der Waals surface area contributed by atoms with Gasteiger partial charge in [0, 0.05) is 30.9 Å². The average molecular weight is 372 g/mol. The van der Waals surface area contributed by atoms with Gasteiger partial charge in [0.25, 0.3) is 0 Å². The lowest BCUT2D eigenvalue weighted by Gasteiger charge is -2.18. The molecule has 0 bridgehead atoms. The number of aryl methyl sites for hydroxylation is 2. The van der Waals surface area contributed by atoms with Gasteiger partial charge >= 0.3 is 0 Å². The first-order valence-electron chi connectivity index (χ1n) is 9.70. The molecule has 0 spiro atoms. The van der Waals surface area contributed by atoms with Crippen LogP contribution in [0.25, 0.3) is 0 Å². The second kappa shape index (κ2) is 10.00. The highest BCUT2D eigenvalue weighted by atomic mass is 16.5. The number of nitrogens with zero attached hydrogens (tertiary/aromatic N) is 3. The Morgan fingerprint density at radius 1 is 1.26 bits per heavy atom. The Kier molecular flexibility index (Phi) is 7.70. The molecule has 0 aliphatic carbocycles. The Labute approximate surface area is 163 Å². The van der Waals surface area contributed by atoms with Crippen LogP contribution in [0.2, 0.25) is 0 Å². The quantitative estimate of drug-likeness (QED) is 0.553. The molecule has 1 aromatic carbocycles. The maximum atomic E-state index is 5.70. The van der Waals surface area contributed by atoms with Crippen LogP contribution in [-0.2, 0) is 20.0 Å². The fourth-order valence-electron chi connectivity index (χ4n) is 3.12. The molecule has 27 heavy (non-hydrogen) atoms. The highest BCUT2D eigenvalue weighted by molar-refractivity contribution is 5.80.